The number of hydrogen-bond donors (Lipinski definition) is 1. The number of nitrogens with zero attached hydrogens (tertiary/aromatic N) is 1. The molecule has 1 aromatic heterocycles. The van der Waals surface area contributed by atoms with E-state index in [1.807, 2.05) is 48.5 Å². The molecule has 0 amide bonds. The number of imidazole rings is 1. The molecule has 0 aliphatic carbocycles. The number of H-pyrrole nitrogens is 1. The Morgan fingerprint density at radius 2 is 2.00 bits per heavy atom. The first kappa shape index (κ1) is 14.9. The van der Waals surface area contributed by atoms with Crippen LogP contribution in [0.2, 0.25) is 0 Å². The Balaban J connectivity index is 1.73. The number of Topliss-reactive ketones (excluding diaryl/α,β-unsaturated/α-hetero) is 1. The lowest BCUT2D eigenvalue weighted by atomic mass is 10.1. The van der Waals surface area contributed by atoms with Gasteiger partial charge in [0.25, 0.3) is 0 Å². The van der Waals surface area contributed by atoms with Crippen LogP contribution in [0.4, 0.5) is 0 Å². The summed E-state index contributed by atoms with van der Waals surface area (Å²) in [6.45, 7) is 2.13. The topological polar surface area (TPSA) is 45.8 Å². The highest BCUT2D eigenvalue weighted by molar-refractivity contribution is 8.00. The van der Waals surface area contributed by atoms with Crippen molar-refractivity contribution in [3.05, 3.63) is 59.9 Å². The zero-order valence-electron chi connectivity index (χ0n) is 12.5. The molecular formula is C18H18N2OS. The summed E-state index contributed by atoms with van der Waals surface area (Å²) in [6.07, 6.45) is 1.99. The van der Waals surface area contributed by atoms with Gasteiger partial charge in [0.1, 0.15) is 5.82 Å². The van der Waals surface area contributed by atoms with E-state index in [1.54, 1.807) is 11.8 Å². The largest absolute Gasteiger partial charge is 0.342 e. The molecule has 0 fully saturated rings. The van der Waals surface area contributed by atoms with Crippen molar-refractivity contribution in [1.82, 2.24) is 9.97 Å². The smallest absolute Gasteiger partial charge is 0.173 e. The molecule has 4 heteroatoms. The van der Waals surface area contributed by atoms with Crippen LogP contribution in [0.1, 0.15) is 29.5 Å². The molecular weight excluding hydrogens is 292 g/mol. The Hall–Kier alpha value is -2.07. The highest BCUT2D eigenvalue weighted by atomic mass is 32.2. The Labute approximate surface area is 134 Å². The van der Waals surface area contributed by atoms with Crippen molar-refractivity contribution in [2.24, 2.45) is 0 Å². The normalized spacial score (nSPS) is 11.0. The number of fused-ring (bicyclic) bond motifs is 1. The first-order valence-electron chi connectivity index (χ1n) is 7.46. The van der Waals surface area contributed by atoms with E-state index in [4.69, 9.17) is 0 Å². The third-order valence-corrected chi connectivity index (χ3v) is 4.46. The van der Waals surface area contributed by atoms with Crippen molar-refractivity contribution in [1.29, 1.82) is 0 Å². The fraction of sp³-hybridized carbons (Fsp3) is 0.222. The highest BCUT2D eigenvalue weighted by Gasteiger charge is 2.09. The Morgan fingerprint density at radius 3 is 2.77 bits per heavy atom. The van der Waals surface area contributed by atoms with Gasteiger partial charge >= 0.3 is 0 Å². The second-order valence-corrected chi connectivity index (χ2v) is 6.24. The molecule has 0 saturated heterocycles. The lowest BCUT2D eigenvalue weighted by Crippen LogP contribution is -2.02. The summed E-state index contributed by atoms with van der Waals surface area (Å²) < 4.78 is 0. The second-order valence-electron chi connectivity index (χ2n) is 5.19. The zero-order chi connectivity index (χ0) is 15.4. The van der Waals surface area contributed by atoms with Crippen molar-refractivity contribution >= 4 is 28.6 Å². The molecule has 22 heavy (non-hydrogen) atoms. The molecule has 1 heterocycles. The van der Waals surface area contributed by atoms with Gasteiger partial charge in [-0.3, -0.25) is 4.79 Å². The van der Waals surface area contributed by atoms with E-state index >= 15 is 0 Å². The number of carbonyl (C=O) groups excluding carboxylic acids is 1. The number of aromatic amines is 1. The first-order valence-corrected chi connectivity index (χ1v) is 8.44. The molecule has 0 aliphatic heterocycles. The van der Waals surface area contributed by atoms with E-state index in [1.165, 1.54) is 0 Å². The molecule has 0 spiro atoms. The van der Waals surface area contributed by atoms with Crippen LogP contribution in [-0.2, 0) is 6.42 Å². The monoisotopic (exact) mass is 310 g/mol. The van der Waals surface area contributed by atoms with Gasteiger partial charge in [-0.15, -0.1) is 11.8 Å². The third kappa shape index (κ3) is 3.39. The molecule has 2 aromatic carbocycles. The van der Waals surface area contributed by atoms with Crippen LogP contribution < -0.4 is 0 Å². The standard InChI is InChI=1S/C18H18N2OS/c1-2-6-18-19-15-10-9-13(11-16(15)20-18)17(21)12-22-14-7-4-3-5-8-14/h3-5,7-11H,2,6,12H2,1H3,(H,19,20). The number of hydrogen-bond acceptors (Lipinski definition) is 3. The van der Waals surface area contributed by atoms with Crippen LogP contribution in [0.25, 0.3) is 11.0 Å². The van der Waals surface area contributed by atoms with Gasteiger partial charge in [0, 0.05) is 16.9 Å². The maximum absolute atomic E-state index is 12.3. The molecule has 1 N–H and O–H groups in total. The fourth-order valence-corrected chi connectivity index (χ4v) is 3.15. The van der Waals surface area contributed by atoms with Gasteiger partial charge in [0.2, 0.25) is 0 Å². The number of ketones is 1. The summed E-state index contributed by atoms with van der Waals surface area (Å²) >= 11 is 1.57. The maximum atomic E-state index is 12.3. The van der Waals surface area contributed by atoms with Crippen LogP contribution >= 0.6 is 11.8 Å². The lowest BCUT2D eigenvalue weighted by Gasteiger charge is -2.01. The van der Waals surface area contributed by atoms with Crippen LogP contribution in [0.5, 0.6) is 0 Å². The molecule has 0 aliphatic rings. The second kappa shape index (κ2) is 6.79. The van der Waals surface area contributed by atoms with E-state index in [2.05, 4.69) is 16.9 Å². The third-order valence-electron chi connectivity index (χ3n) is 3.45. The number of nitrogens with one attached hydrogen (secondary N) is 1. The van der Waals surface area contributed by atoms with Gasteiger partial charge in [-0.25, -0.2) is 4.98 Å². The molecule has 0 radical (unpaired) electrons. The van der Waals surface area contributed by atoms with Crippen LogP contribution in [0, 0.1) is 0 Å². The minimum atomic E-state index is 0.141. The average molecular weight is 310 g/mol. The first-order chi connectivity index (χ1) is 10.8. The van der Waals surface area contributed by atoms with Gasteiger partial charge in [0.05, 0.1) is 16.8 Å². The minimum Gasteiger partial charge on any atom is -0.342 e. The summed E-state index contributed by atoms with van der Waals surface area (Å²) in [5.41, 5.74) is 2.61. The Kier molecular flexibility index (Phi) is 4.59. The van der Waals surface area contributed by atoms with Gasteiger partial charge in [0.15, 0.2) is 5.78 Å². The van der Waals surface area contributed by atoms with Crippen molar-refractivity contribution < 1.29 is 4.79 Å². The molecule has 3 nitrogen and oxygen atoms in total. The number of thioether (sulfide) groups is 1. The highest BCUT2D eigenvalue weighted by Crippen LogP contribution is 2.20. The molecule has 3 rings (SSSR count). The molecule has 0 unspecified atom stereocenters. The molecule has 0 bridgehead atoms. The van der Waals surface area contributed by atoms with E-state index < -0.39 is 0 Å². The van der Waals surface area contributed by atoms with Crippen molar-refractivity contribution in [3.63, 3.8) is 0 Å². The van der Waals surface area contributed by atoms with Gasteiger partial charge in [-0.1, -0.05) is 25.1 Å². The zero-order valence-corrected chi connectivity index (χ0v) is 13.3. The minimum absolute atomic E-state index is 0.141. The van der Waals surface area contributed by atoms with Crippen molar-refractivity contribution in [2.75, 3.05) is 5.75 Å². The summed E-state index contributed by atoms with van der Waals surface area (Å²) in [5, 5.41) is 0. The predicted octanol–water partition coefficient (Wildman–Crippen LogP) is 4.49. The lowest BCUT2D eigenvalue weighted by molar-refractivity contribution is 0.102. The average Bonchev–Trinajstić information content (AvgIpc) is 2.95. The van der Waals surface area contributed by atoms with E-state index in [0.717, 1.165) is 40.2 Å². The molecule has 112 valence electrons. The van der Waals surface area contributed by atoms with Crippen LogP contribution in [0.3, 0.4) is 0 Å². The molecule has 0 atom stereocenters. The summed E-state index contributed by atoms with van der Waals surface area (Å²) in [7, 11) is 0. The quantitative estimate of drug-likeness (QED) is 0.539. The number of carbonyl (C=O) groups is 1. The van der Waals surface area contributed by atoms with E-state index in [0.29, 0.717) is 5.75 Å². The van der Waals surface area contributed by atoms with Gasteiger partial charge in [-0.05, 0) is 36.8 Å². The van der Waals surface area contributed by atoms with E-state index in [9.17, 15) is 4.79 Å². The fourth-order valence-electron chi connectivity index (χ4n) is 2.34. The maximum Gasteiger partial charge on any atom is 0.173 e. The van der Waals surface area contributed by atoms with Crippen LogP contribution in [0.15, 0.2) is 53.4 Å². The molecule has 0 saturated carbocycles. The predicted molar refractivity (Wildman–Crippen MR) is 91.6 cm³/mol. The van der Waals surface area contributed by atoms with Gasteiger partial charge in [-0.2, -0.15) is 0 Å². The summed E-state index contributed by atoms with van der Waals surface area (Å²) in [4.78, 5) is 21.3. The van der Waals surface area contributed by atoms with Gasteiger partial charge < -0.3 is 4.98 Å². The van der Waals surface area contributed by atoms with Crippen molar-refractivity contribution in [2.45, 2.75) is 24.7 Å². The Bertz CT molecular complexity index is 780. The van der Waals surface area contributed by atoms with E-state index in [-0.39, 0.29) is 5.78 Å². The Morgan fingerprint density at radius 1 is 1.18 bits per heavy atom. The number of aryl methyl sites for hydroxylation is 1. The number of rotatable bonds is 6. The number of benzene rings is 2. The number of aromatic nitrogens is 2. The molecule has 3 aromatic rings. The van der Waals surface area contributed by atoms with Crippen LogP contribution in [-0.4, -0.2) is 21.5 Å². The SMILES string of the molecule is CCCc1nc2ccc(C(=O)CSc3ccccc3)cc2[nH]1. The van der Waals surface area contributed by atoms with Crippen molar-refractivity contribution in [3.8, 4) is 0 Å². The summed E-state index contributed by atoms with van der Waals surface area (Å²) in [6, 6.07) is 15.7. The summed E-state index contributed by atoms with van der Waals surface area (Å²) in [5.74, 6) is 1.58.